The van der Waals surface area contributed by atoms with Gasteiger partial charge in [-0.2, -0.15) is 0 Å². The topological polar surface area (TPSA) is 76.7 Å². The molecular formula is C14H20N2O4. The van der Waals surface area contributed by atoms with Crippen LogP contribution in [0.3, 0.4) is 0 Å². The molecule has 0 bridgehead atoms. The van der Waals surface area contributed by atoms with Gasteiger partial charge >= 0.3 is 0 Å². The van der Waals surface area contributed by atoms with Crippen LogP contribution >= 0.6 is 0 Å². The standard InChI is InChI=1S/C14H20N2O4/c1-9-7-13(20-4)11(8-12(9)19-3)14(18)16-6-5-15-10(2)17/h7-8H,5-6H2,1-4H3,(H,15,17)(H,16,18). The number of hydrogen-bond donors (Lipinski definition) is 2. The number of benzene rings is 1. The Morgan fingerprint density at radius 1 is 1.05 bits per heavy atom. The van der Waals surface area contributed by atoms with Gasteiger partial charge in [-0.1, -0.05) is 0 Å². The van der Waals surface area contributed by atoms with Crippen LogP contribution in [0.2, 0.25) is 0 Å². The first-order chi connectivity index (χ1) is 9.49. The van der Waals surface area contributed by atoms with Gasteiger partial charge in [0.15, 0.2) is 0 Å². The maximum absolute atomic E-state index is 12.1. The first-order valence-electron chi connectivity index (χ1n) is 6.24. The number of nitrogens with one attached hydrogen (secondary N) is 2. The molecule has 110 valence electrons. The van der Waals surface area contributed by atoms with Gasteiger partial charge in [0, 0.05) is 20.0 Å². The van der Waals surface area contributed by atoms with Crippen molar-refractivity contribution in [3.63, 3.8) is 0 Å². The Hall–Kier alpha value is -2.24. The average Bonchev–Trinajstić information content (AvgIpc) is 2.42. The quantitative estimate of drug-likeness (QED) is 0.758. The van der Waals surface area contributed by atoms with Gasteiger partial charge in [0.2, 0.25) is 5.91 Å². The van der Waals surface area contributed by atoms with E-state index in [1.807, 2.05) is 6.92 Å². The molecule has 0 saturated carbocycles. The summed E-state index contributed by atoms with van der Waals surface area (Å²) in [4.78, 5) is 22.8. The van der Waals surface area contributed by atoms with Crippen LogP contribution in [-0.2, 0) is 4.79 Å². The molecular weight excluding hydrogens is 260 g/mol. The molecule has 1 rings (SSSR count). The number of amides is 2. The fourth-order valence-corrected chi connectivity index (χ4v) is 1.74. The molecule has 6 heteroatoms. The summed E-state index contributed by atoms with van der Waals surface area (Å²) < 4.78 is 10.4. The molecule has 0 aliphatic rings. The second-order valence-corrected chi connectivity index (χ2v) is 4.26. The number of ether oxygens (including phenoxy) is 2. The van der Waals surface area contributed by atoms with Crippen molar-refractivity contribution in [1.29, 1.82) is 0 Å². The van der Waals surface area contributed by atoms with Crippen molar-refractivity contribution in [1.82, 2.24) is 10.6 Å². The summed E-state index contributed by atoms with van der Waals surface area (Å²) >= 11 is 0. The molecule has 6 nitrogen and oxygen atoms in total. The fourth-order valence-electron chi connectivity index (χ4n) is 1.74. The monoisotopic (exact) mass is 280 g/mol. The van der Waals surface area contributed by atoms with Crippen LogP contribution in [-0.4, -0.2) is 39.1 Å². The summed E-state index contributed by atoms with van der Waals surface area (Å²) in [5.74, 6) is 0.706. The summed E-state index contributed by atoms with van der Waals surface area (Å²) in [6.07, 6.45) is 0. The van der Waals surface area contributed by atoms with Crippen molar-refractivity contribution in [3.8, 4) is 11.5 Å². The molecule has 0 atom stereocenters. The van der Waals surface area contributed by atoms with Crippen molar-refractivity contribution in [2.75, 3.05) is 27.3 Å². The summed E-state index contributed by atoms with van der Waals surface area (Å²) in [7, 11) is 3.06. The van der Waals surface area contributed by atoms with E-state index in [9.17, 15) is 9.59 Å². The Morgan fingerprint density at radius 2 is 1.65 bits per heavy atom. The smallest absolute Gasteiger partial charge is 0.255 e. The number of methoxy groups -OCH3 is 2. The summed E-state index contributed by atoms with van der Waals surface area (Å²) in [5.41, 5.74) is 1.29. The molecule has 0 aliphatic heterocycles. The zero-order valence-corrected chi connectivity index (χ0v) is 12.2. The number of aryl methyl sites for hydroxylation is 1. The molecule has 0 spiro atoms. The third-order valence-electron chi connectivity index (χ3n) is 2.75. The Labute approximate surface area is 118 Å². The highest BCUT2D eigenvalue weighted by Gasteiger charge is 2.15. The summed E-state index contributed by atoms with van der Waals surface area (Å²) in [6, 6.07) is 3.39. The molecule has 0 unspecified atom stereocenters. The van der Waals surface area contributed by atoms with Crippen LogP contribution in [0.5, 0.6) is 11.5 Å². The lowest BCUT2D eigenvalue weighted by molar-refractivity contribution is -0.118. The zero-order valence-electron chi connectivity index (χ0n) is 12.2. The molecule has 1 aromatic carbocycles. The lowest BCUT2D eigenvalue weighted by Gasteiger charge is -2.13. The highest BCUT2D eigenvalue weighted by Crippen LogP contribution is 2.28. The number of carbonyl (C=O) groups excluding carboxylic acids is 2. The summed E-state index contributed by atoms with van der Waals surface area (Å²) in [6.45, 7) is 4.03. The molecule has 1 aromatic rings. The van der Waals surface area contributed by atoms with Crippen LogP contribution in [0.4, 0.5) is 0 Å². The van der Waals surface area contributed by atoms with Crippen molar-refractivity contribution in [3.05, 3.63) is 23.3 Å². The maximum atomic E-state index is 12.1. The minimum atomic E-state index is -0.273. The van der Waals surface area contributed by atoms with E-state index in [0.29, 0.717) is 30.2 Å². The third kappa shape index (κ3) is 4.15. The Bertz CT molecular complexity index is 500. The molecule has 20 heavy (non-hydrogen) atoms. The minimum Gasteiger partial charge on any atom is -0.496 e. The number of carbonyl (C=O) groups is 2. The zero-order chi connectivity index (χ0) is 15.1. The molecule has 2 N–H and O–H groups in total. The van der Waals surface area contributed by atoms with Crippen molar-refractivity contribution in [2.45, 2.75) is 13.8 Å². The van der Waals surface area contributed by atoms with Gasteiger partial charge in [-0.3, -0.25) is 9.59 Å². The molecule has 0 aromatic heterocycles. The van der Waals surface area contributed by atoms with Crippen molar-refractivity contribution >= 4 is 11.8 Å². The first-order valence-corrected chi connectivity index (χ1v) is 6.24. The van der Waals surface area contributed by atoms with E-state index >= 15 is 0 Å². The number of hydrogen-bond acceptors (Lipinski definition) is 4. The van der Waals surface area contributed by atoms with Gasteiger partial charge in [0.05, 0.1) is 19.8 Å². The van der Waals surface area contributed by atoms with Gasteiger partial charge in [-0.25, -0.2) is 0 Å². The predicted octanol–water partition coefficient (Wildman–Crippen LogP) is 0.878. The van der Waals surface area contributed by atoms with Crippen LogP contribution in [0.1, 0.15) is 22.8 Å². The Morgan fingerprint density at radius 3 is 2.20 bits per heavy atom. The molecule has 2 amide bonds. The largest absolute Gasteiger partial charge is 0.496 e. The van der Waals surface area contributed by atoms with E-state index in [4.69, 9.17) is 9.47 Å². The molecule has 0 fully saturated rings. The first kappa shape index (κ1) is 15.8. The molecule has 0 saturated heterocycles. The molecule has 0 heterocycles. The Kier molecular flexibility index (Phi) is 5.83. The van der Waals surface area contributed by atoms with Crippen LogP contribution in [0, 0.1) is 6.92 Å². The van der Waals surface area contributed by atoms with E-state index in [0.717, 1.165) is 5.56 Å². The lowest BCUT2D eigenvalue weighted by Crippen LogP contribution is -2.33. The predicted molar refractivity (Wildman–Crippen MR) is 75.3 cm³/mol. The normalized spacial score (nSPS) is 9.80. The Balaban J connectivity index is 2.78. The minimum absolute atomic E-state index is 0.131. The van der Waals surface area contributed by atoms with Gasteiger partial charge in [-0.05, 0) is 24.6 Å². The van der Waals surface area contributed by atoms with Crippen molar-refractivity contribution < 1.29 is 19.1 Å². The van der Waals surface area contributed by atoms with Gasteiger partial charge < -0.3 is 20.1 Å². The van der Waals surface area contributed by atoms with Crippen LogP contribution < -0.4 is 20.1 Å². The van der Waals surface area contributed by atoms with Crippen LogP contribution in [0.25, 0.3) is 0 Å². The molecule has 0 radical (unpaired) electrons. The van der Waals surface area contributed by atoms with Gasteiger partial charge in [0.25, 0.3) is 5.91 Å². The van der Waals surface area contributed by atoms with E-state index in [2.05, 4.69) is 10.6 Å². The van der Waals surface area contributed by atoms with E-state index < -0.39 is 0 Å². The SMILES string of the molecule is COc1cc(C(=O)NCCNC(C)=O)c(OC)cc1C. The van der Waals surface area contributed by atoms with Gasteiger partial charge in [0.1, 0.15) is 11.5 Å². The molecule has 0 aliphatic carbocycles. The van der Waals surface area contributed by atoms with E-state index in [1.54, 1.807) is 19.2 Å². The van der Waals surface area contributed by atoms with Gasteiger partial charge in [-0.15, -0.1) is 0 Å². The summed E-state index contributed by atoms with van der Waals surface area (Å²) in [5, 5.41) is 5.31. The fraction of sp³-hybridized carbons (Fsp3) is 0.429. The highest BCUT2D eigenvalue weighted by molar-refractivity contribution is 5.97. The van der Waals surface area contributed by atoms with Crippen LogP contribution in [0.15, 0.2) is 12.1 Å². The maximum Gasteiger partial charge on any atom is 0.255 e. The second-order valence-electron chi connectivity index (χ2n) is 4.26. The third-order valence-corrected chi connectivity index (χ3v) is 2.75. The second kappa shape index (κ2) is 7.37. The van der Waals surface area contributed by atoms with E-state index in [-0.39, 0.29) is 11.8 Å². The lowest BCUT2D eigenvalue weighted by atomic mass is 10.1. The van der Waals surface area contributed by atoms with Crippen molar-refractivity contribution in [2.24, 2.45) is 0 Å². The average molecular weight is 280 g/mol. The number of rotatable bonds is 6. The highest BCUT2D eigenvalue weighted by atomic mass is 16.5. The van der Waals surface area contributed by atoms with E-state index in [1.165, 1.54) is 14.0 Å².